The molecule has 7 nitrogen and oxygen atoms in total. The average Bonchev–Trinajstić information content (AvgIpc) is 3.40. The SMILES string of the molecule is CCOc1ccc(-c2nc(NC(=O)CCc3nc(-c4ccc(F)cc4)no3)sc2C)cc1. The molecular weight excluding hydrogens is 431 g/mol. The summed E-state index contributed by atoms with van der Waals surface area (Å²) in [5.74, 6) is 0.970. The van der Waals surface area contributed by atoms with Crippen LogP contribution in [0, 0.1) is 12.7 Å². The van der Waals surface area contributed by atoms with Crippen molar-refractivity contribution >= 4 is 22.4 Å². The van der Waals surface area contributed by atoms with Crippen LogP contribution in [0.4, 0.5) is 9.52 Å². The lowest BCUT2D eigenvalue weighted by atomic mass is 10.1. The van der Waals surface area contributed by atoms with Crippen LogP contribution >= 0.6 is 11.3 Å². The smallest absolute Gasteiger partial charge is 0.227 e. The van der Waals surface area contributed by atoms with E-state index >= 15 is 0 Å². The van der Waals surface area contributed by atoms with Crippen molar-refractivity contribution in [1.82, 2.24) is 15.1 Å². The van der Waals surface area contributed by atoms with Gasteiger partial charge in [-0.15, -0.1) is 11.3 Å². The van der Waals surface area contributed by atoms with E-state index < -0.39 is 0 Å². The summed E-state index contributed by atoms with van der Waals surface area (Å²) in [5, 5.41) is 7.25. The Hall–Kier alpha value is -3.59. The van der Waals surface area contributed by atoms with Crippen LogP contribution in [-0.4, -0.2) is 27.6 Å². The molecule has 0 unspecified atom stereocenters. The second-order valence-electron chi connectivity index (χ2n) is 6.95. The fourth-order valence-electron chi connectivity index (χ4n) is 3.07. The van der Waals surface area contributed by atoms with Crippen molar-refractivity contribution in [3.8, 4) is 28.4 Å². The van der Waals surface area contributed by atoms with Gasteiger partial charge in [0.25, 0.3) is 0 Å². The summed E-state index contributed by atoms with van der Waals surface area (Å²) in [6, 6.07) is 13.5. The molecule has 1 N–H and O–H groups in total. The maximum atomic E-state index is 13.0. The molecule has 4 aromatic rings. The highest BCUT2D eigenvalue weighted by molar-refractivity contribution is 7.16. The summed E-state index contributed by atoms with van der Waals surface area (Å²) in [6.45, 7) is 4.52. The number of carbonyl (C=O) groups is 1. The molecule has 164 valence electrons. The third-order valence-corrected chi connectivity index (χ3v) is 5.50. The van der Waals surface area contributed by atoms with Crippen molar-refractivity contribution < 1.29 is 18.4 Å². The molecule has 0 radical (unpaired) electrons. The highest BCUT2D eigenvalue weighted by Crippen LogP contribution is 2.31. The van der Waals surface area contributed by atoms with Gasteiger partial charge in [0, 0.05) is 28.8 Å². The molecule has 2 aromatic carbocycles. The Kier molecular flexibility index (Phi) is 6.55. The van der Waals surface area contributed by atoms with E-state index in [1.807, 2.05) is 38.1 Å². The number of ether oxygens (including phenoxy) is 1. The predicted molar refractivity (Wildman–Crippen MR) is 120 cm³/mol. The summed E-state index contributed by atoms with van der Waals surface area (Å²) in [6.07, 6.45) is 0.457. The third-order valence-electron chi connectivity index (χ3n) is 4.62. The number of amides is 1. The maximum Gasteiger partial charge on any atom is 0.227 e. The van der Waals surface area contributed by atoms with Crippen LogP contribution in [0.25, 0.3) is 22.6 Å². The van der Waals surface area contributed by atoms with Crippen molar-refractivity contribution in [2.45, 2.75) is 26.7 Å². The number of thiazole rings is 1. The number of halogens is 1. The number of nitrogens with zero attached hydrogens (tertiary/aromatic N) is 3. The highest BCUT2D eigenvalue weighted by Gasteiger charge is 2.14. The molecule has 2 aromatic heterocycles. The lowest BCUT2D eigenvalue weighted by Crippen LogP contribution is -2.12. The fourth-order valence-corrected chi connectivity index (χ4v) is 3.92. The summed E-state index contributed by atoms with van der Waals surface area (Å²) in [7, 11) is 0. The lowest BCUT2D eigenvalue weighted by Gasteiger charge is -2.04. The molecule has 0 aliphatic heterocycles. The van der Waals surface area contributed by atoms with E-state index in [1.165, 1.54) is 23.5 Å². The first-order chi connectivity index (χ1) is 15.5. The van der Waals surface area contributed by atoms with E-state index in [9.17, 15) is 9.18 Å². The molecule has 0 saturated heterocycles. The molecule has 0 bridgehead atoms. The summed E-state index contributed by atoms with van der Waals surface area (Å²) >= 11 is 1.42. The predicted octanol–water partition coefficient (Wildman–Crippen LogP) is 5.28. The summed E-state index contributed by atoms with van der Waals surface area (Å²) in [4.78, 5) is 22.2. The number of benzene rings is 2. The minimum absolute atomic E-state index is 0.169. The zero-order valence-electron chi connectivity index (χ0n) is 17.6. The largest absolute Gasteiger partial charge is 0.494 e. The van der Waals surface area contributed by atoms with Gasteiger partial charge in [0.2, 0.25) is 17.6 Å². The van der Waals surface area contributed by atoms with Gasteiger partial charge in [0.1, 0.15) is 11.6 Å². The average molecular weight is 453 g/mol. The number of hydrogen-bond acceptors (Lipinski definition) is 7. The van der Waals surface area contributed by atoms with Crippen LogP contribution in [-0.2, 0) is 11.2 Å². The summed E-state index contributed by atoms with van der Waals surface area (Å²) in [5.41, 5.74) is 2.43. The van der Waals surface area contributed by atoms with E-state index in [0.717, 1.165) is 21.9 Å². The number of carbonyl (C=O) groups excluding carboxylic acids is 1. The van der Waals surface area contributed by atoms with E-state index in [1.54, 1.807) is 12.1 Å². The van der Waals surface area contributed by atoms with E-state index in [4.69, 9.17) is 9.26 Å². The molecule has 9 heteroatoms. The van der Waals surface area contributed by atoms with Crippen LogP contribution in [0.1, 0.15) is 24.1 Å². The highest BCUT2D eigenvalue weighted by atomic mass is 32.1. The normalized spacial score (nSPS) is 10.8. The second kappa shape index (κ2) is 9.69. The second-order valence-corrected chi connectivity index (χ2v) is 8.15. The van der Waals surface area contributed by atoms with Gasteiger partial charge < -0.3 is 14.6 Å². The fraction of sp³-hybridized carbons (Fsp3) is 0.217. The van der Waals surface area contributed by atoms with Crippen molar-refractivity contribution in [2.75, 3.05) is 11.9 Å². The Balaban J connectivity index is 1.35. The van der Waals surface area contributed by atoms with E-state index in [0.29, 0.717) is 29.0 Å². The molecule has 32 heavy (non-hydrogen) atoms. The van der Waals surface area contributed by atoms with E-state index in [-0.39, 0.29) is 24.6 Å². The van der Waals surface area contributed by atoms with Crippen LogP contribution in [0.3, 0.4) is 0 Å². The number of nitrogens with one attached hydrogen (secondary N) is 1. The first kappa shape index (κ1) is 21.6. The molecule has 0 aliphatic carbocycles. The molecule has 1 amide bonds. The zero-order chi connectivity index (χ0) is 22.5. The Labute approximate surface area is 188 Å². The number of rotatable bonds is 8. The van der Waals surface area contributed by atoms with Gasteiger partial charge in [-0.2, -0.15) is 4.98 Å². The lowest BCUT2D eigenvalue weighted by molar-refractivity contribution is -0.116. The van der Waals surface area contributed by atoms with Gasteiger partial charge >= 0.3 is 0 Å². The minimum Gasteiger partial charge on any atom is -0.494 e. The minimum atomic E-state index is -0.336. The van der Waals surface area contributed by atoms with Gasteiger partial charge in [0.05, 0.1) is 12.3 Å². The number of hydrogen-bond donors (Lipinski definition) is 1. The van der Waals surface area contributed by atoms with Gasteiger partial charge in [0.15, 0.2) is 5.13 Å². The van der Waals surface area contributed by atoms with E-state index in [2.05, 4.69) is 20.4 Å². The first-order valence-electron chi connectivity index (χ1n) is 10.1. The standard InChI is InChI=1S/C23H21FN4O3S/c1-3-30-18-10-6-15(7-11-18)21-14(2)32-23(27-21)25-19(29)12-13-20-26-22(28-31-20)16-4-8-17(24)9-5-16/h4-11H,3,12-13H2,1-2H3,(H,25,27,29). The maximum absolute atomic E-state index is 13.0. The van der Waals surface area contributed by atoms with Gasteiger partial charge in [-0.1, -0.05) is 5.16 Å². The Morgan fingerprint density at radius 1 is 1.09 bits per heavy atom. The molecule has 0 atom stereocenters. The van der Waals surface area contributed by atoms with Crippen molar-refractivity contribution in [3.05, 3.63) is 65.1 Å². The quantitative estimate of drug-likeness (QED) is 0.391. The van der Waals surface area contributed by atoms with Gasteiger partial charge in [-0.3, -0.25) is 4.79 Å². The van der Waals surface area contributed by atoms with Crippen LogP contribution < -0.4 is 10.1 Å². The van der Waals surface area contributed by atoms with Crippen molar-refractivity contribution in [2.24, 2.45) is 0 Å². The Bertz CT molecular complexity index is 1200. The van der Waals surface area contributed by atoms with Crippen molar-refractivity contribution in [3.63, 3.8) is 0 Å². The van der Waals surface area contributed by atoms with Gasteiger partial charge in [-0.25, -0.2) is 9.37 Å². The van der Waals surface area contributed by atoms with Crippen LogP contribution in [0.5, 0.6) is 5.75 Å². The first-order valence-corrected chi connectivity index (χ1v) is 10.9. The molecule has 4 rings (SSSR count). The molecule has 0 spiro atoms. The van der Waals surface area contributed by atoms with Gasteiger partial charge in [-0.05, 0) is 62.4 Å². The molecule has 0 fully saturated rings. The van der Waals surface area contributed by atoms with Crippen molar-refractivity contribution in [1.29, 1.82) is 0 Å². The number of aromatic nitrogens is 3. The number of anilines is 1. The molecular formula is C23H21FN4O3S. The summed E-state index contributed by atoms with van der Waals surface area (Å²) < 4.78 is 23.7. The third kappa shape index (κ3) is 5.17. The number of aryl methyl sites for hydroxylation is 2. The molecule has 2 heterocycles. The monoisotopic (exact) mass is 452 g/mol. The van der Waals surface area contributed by atoms with Crippen LogP contribution in [0.2, 0.25) is 0 Å². The Morgan fingerprint density at radius 2 is 1.81 bits per heavy atom. The topological polar surface area (TPSA) is 90.1 Å². The Morgan fingerprint density at radius 3 is 2.53 bits per heavy atom. The zero-order valence-corrected chi connectivity index (χ0v) is 18.4. The molecule has 0 aliphatic rings. The molecule has 0 saturated carbocycles. The van der Waals surface area contributed by atoms with Crippen LogP contribution in [0.15, 0.2) is 53.1 Å².